The van der Waals surface area contributed by atoms with Gasteiger partial charge in [0.05, 0.1) is 36.3 Å². The second-order valence-corrected chi connectivity index (χ2v) is 26.5. The molecule has 0 saturated heterocycles. The number of nitrogens with zero attached hydrogens (tertiary/aromatic N) is 6. The summed E-state index contributed by atoms with van der Waals surface area (Å²) in [6.07, 6.45) is 9.43. The van der Waals surface area contributed by atoms with Gasteiger partial charge in [0.2, 0.25) is 0 Å². The van der Waals surface area contributed by atoms with Crippen molar-refractivity contribution in [1.82, 2.24) is 29.4 Å². The molecule has 12 heteroatoms. The number of amides is 6. The van der Waals surface area contributed by atoms with Gasteiger partial charge in [-0.1, -0.05) is 221 Å². The van der Waals surface area contributed by atoms with Crippen LogP contribution in [0.5, 0.6) is 0 Å². The highest BCUT2D eigenvalue weighted by atomic mass is 16.2. The van der Waals surface area contributed by atoms with E-state index in [2.05, 4.69) is 72.8 Å². The molecule has 96 heavy (non-hydrogen) atoms. The van der Waals surface area contributed by atoms with E-state index in [9.17, 15) is 0 Å². The van der Waals surface area contributed by atoms with Crippen LogP contribution in [0.2, 0.25) is 0 Å². The van der Waals surface area contributed by atoms with Crippen LogP contribution in [0.4, 0.5) is 0 Å². The van der Waals surface area contributed by atoms with Gasteiger partial charge in [-0.2, -0.15) is 0 Å². The molecule has 6 atom stereocenters. The third-order valence-electron chi connectivity index (χ3n) is 20.4. The Kier molecular flexibility index (Phi) is 20.5. The van der Waals surface area contributed by atoms with Crippen LogP contribution in [-0.2, 0) is 39.3 Å². The van der Waals surface area contributed by atoms with Gasteiger partial charge >= 0.3 is 0 Å². The Morgan fingerprint density at radius 1 is 0.188 bits per heavy atom. The summed E-state index contributed by atoms with van der Waals surface area (Å²) in [7, 11) is 0. The van der Waals surface area contributed by atoms with Gasteiger partial charge in [-0.15, -0.1) is 0 Å². The van der Waals surface area contributed by atoms with Crippen LogP contribution in [0, 0.1) is 0 Å². The van der Waals surface area contributed by atoms with Crippen molar-refractivity contribution >= 4 is 35.4 Å². The first-order valence-electron chi connectivity index (χ1n) is 34.5. The molecule has 0 unspecified atom stereocenters. The molecule has 12 nitrogen and oxygen atoms in total. The van der Waals surface area contributed by atoms with Crippen molar-refractivity contribution in [1.29, 1.82) is 0 Å². The monoisotopic (exact) mass is 1270 g/mol. The fourth-order valence-electron chi connectivity index (χ4n) is 15.4. The fraction of sp³-hybridized carbons (Fsp3) is 0.286. The molecule has 6 bridgehead atoms. The smallest absolute Gasteiger partial charge is 0.254 e. The molecule has 0 radical (unpaired) electrons. The molecule has 3 aliphatic carbocycles. The Bertz CT molecular complexity index is 3400. The minimum atomic E-state index is -0.353. The van der Waals surface area contributed by atoms with Crippen LogP contribution in [0.15, 0.2) is 255 Å². The Balaban J connectivity index is 0.942. The van der Waals surface area contributed by atoms with Crippen molar-refractivity contribution < 1.29 is 28.8 Å². The van der Waals surface area contributed by atoms with E-state index < -0.39 is 0 Å². The molecule has 3 saturated carbocycles. The van der Waals surface area contributed by atoms with Crippen molar-refractivity contribution in [2.75, 3.05) is 0 Å². The zero-order chi connectivity index (χ0) is 65.7. The van der Waals surface area contributed by atoms with E-state index in [0.717, 1.165) is 71.9 Å². The summed E-state index contributed by atoms with van der Waals surface area (Å²) in [4.78, 5) is 104. The first-order chi connectivity index (χ1) is 47.1. The molecular formula is C84H84N6O6. The largest absolute Gasteiger partial charge is 0.329 e. The summed E-state index contributed by atoms with van der Waals surface area (Å²) in [5.41, 5.74) is 8.90. The highest BCUT2D eigenvalue weighted by molar-refractivity contribution is 5.98. The average Bonchev–Trinajstić information content (AvgIpc) is 0.813. The van der Waals surface area contributed by atoms with E-state index >= 15 is 28.8 Å². The van der Waals surface area contributed by atoms with Crippen LogP contribution >= 0.6 is 0 Å². The Labute approximate surface area is 564 Å². The van der Waals surface area contributed by atoms with E-state index in [-0.39, 0.29) is 111 Å². The molecule has 0 aromatic heterocycles. The fourth-order valence-corrected chi connectivity index (χ4v) is 15.4. The zero-order valence-electron chi connectivity index (χ0n) is 54.6. The lowest BCUT2D eigenvalue weighted by atomic mass is 9.86. The molecule has 4 aliphatic heterocycles. The molecule has 4 heterocycles. The number of rotatable bonds is 6. The molecule has 9 aromatic carbocycles. The third kappa shape index (κ3) is 14.8. The molecule has 3 fully saturated rings. The second kappa shape index (κ2) is 30.5. The Morgan fingerprint density at radius 3 is 0.438 bits per heavy atom. The van der Waals surface area contributed by atoms with Gasteiger partial charge in [0, 0.05) is 72.6 Å². The normalized spacial score (nSPS) is 20.5. The van der Waals surface area contributed by atoms with E-state index in [1.165, 1.54) is 0 Å². The maximum absolute atomic E-state index is 15.4. The summed E-state index contributed by atoms with van der Waals surface area (Å²) < 4.78 is 0. The van der Waals surface area contributed by atoms with Crippen molar-refractivity contribution in [3.8, 4) is 0 Å². The second-order valence-electron chi connectivity index (χ2n) is 26.5. The van der Waals surface area contributed by atoms with Gasteiger partial charge in [-0.05, 0) is 145 Å². The van der Waals surface area contributed by atoms with Crippen LogP contribution in [0.3, 0.4) is 0 Å². The minimum Gasteiger partial charge on any atom is -0.329 e. The zero-order valence-corrected chi connectivity index (χ0v) is 54.6. The lowest BCUT2D eigenvalue weighted by molar-refractivity contribution is 0.0255. The lowest BCUT2D eigenvalue weighted by Crippen LogP contribution is -2.56. The number of carbonyl (C=O) groups is 6. The predicted octanol–water partition coefficient (Wildman–Crippen LogP) is 15.9. The molecular weight excluding hydrogens is 1190 g/mol. The third-order valence-corrected chi connectivity index (χ3v) is 20.4. The van der Waals surface area contributed by atoms with Gasteiger partial charge in [-0.25, -0.2) is 0 Å². The summed E-state index contributed by atoms with van der Waals surface area (Å²) in [6.45, 7) is 1.69. The first kappa shape index (κ1) is 64.5. The van der Waals surface area contributed by atoms with Gasteiger partial charge in [0.15, 0.2) is 0 Å². The van der Waals surface area contributed by atoms with Crippen LogP contribution < -0.4 is 0 Å². The number of hydrogen-bond donors (Lipinski definition) is 0. The van der Waals surface area contributed by atoms with Gasteiger partial charge in [0.1, 0.15) is 0 Å². The summed E-state index contributed by atoms with van der Waals surface area (Å²) in [5, 5.41) is 0. The van der Waals surface area contributed by atoms with Gasteiger partial charge < -0.3 is 29.4 Å². The predicted molar refractivity (Wildman–Crippen MR) is 375 cm³/mol. The van der Waals surface area contributed by atoms with Crippen LogP contribution in [0.25, 0.3) is 0 Å². The average molecular weight is 1270 g/mol. The number of carbonyl (C=O) groups excluding carboxylic acids is 6. The van der Waals surface area contributed by atoms with Crippen molar-refractivity contribution in [2.24, 2.45) is 0 Å². The SMILES string of the molecule is O=C(c1ccccc1)N1Cc2ccc(cc2)CN(C(=O)c2ccccc2)[C@@H]2CCCC[C@H]2N(C(=O)c2ccccc2)Cc2ccc(cc2)CN(C(=O)c2ccccc2)[C@@H]2CCCC[C@H]2N(C(=O)c2ccccc2)Cc2ccc(cc2)CN(C(=O)c2ccccc2)[C@@H]2CCCC[C@H]21. The number of hydrogen-bond acceptors (Lipinski definition) is 6. The topological polar surface area (TPSA) is 122 Å². The van der Waals surface area contributed by atoms with Crippen molar-refractivity contribution in [3.05, 3.63) is 322 Å². The lowest BCUT2D eigenvalue weighted by Gasteiger charge is -2.46. The molecule has 0 spiro atoms. The summed E-state index contributed by atoms with van der Waals surface area (Å²) >= 11 is 0. The Morgan fingerprint density at radius 2 is 0.312 bits per heavy atom. The standard InChI is InChI=1S/C84H84N6O6/c91-79(67-25-7-1-8-26-67)85-55-61-43-45-62(46-44-61)57-87(81(93)69-29-11-3-12-30-69)75-39-21-22-40-76(75)89(83(95)71-33-15-5-16-34-71)59-65-51-53-66(54-52-65)60-90(84(96)72-35-17-6-18-36-72)78-42-24-23-41-77(78)88(82(94)70-31-13-4-14-32-70)58-64-49-47-63(48-50-64)56-86(74-38-20-19-37-73(74)85)80(92)68-27-9-2-10-28-68/h1-18,25-36,43-54,73-78H,19-24,37-42,55-60H2/t73-,74-,75-,76-,77-,78-/m1/s1. The minimum absolute atomic E-state index is 0.116. The van der Waals surface area contributed by atoms with E-state index in [1.54, 1.807) is 0 Å². The highest BCUT2D eigenvalue weighted by Gasteiger charge is 2.43. The van der Waals surface area contributed by atoms with E-state index in [1.807, 2.05) is 211 Å². The Hall–Kier alpha value is -10.2. The maximum atomic E-state index is 15.4. The molecule has 486 valence electrons. The molecule has 16 rings (SSSR count). The van der Waals surface area contributed by atoms with Crippen LogP contribution in [-0.4, -0.2) is 101 Å². The molecule has 6 amide bonds. The van der Waals surface area contributed by atoms with Gasteiger partial charge in [-0.3, -0.25) is 28.8 Å². The van der Waals surface area contributed by atoms with Crippen LogP contribution in [0.1, 0.15) is 173 Å². The first-order valence-corrected chi connectivity index (χ1v) is 34.5. The molecule has 9 aromatic rings. The van der Waals surface area contributed by atoms with E-state index in [4.69, 9.17) is 0 Å². The molecule has 7 aliphatic rings. The van der Waals surface area contributed by atoms with E-state index in [0.29, 0.717) is 71.9 Å². The van der Waals surface area contributed by atoms with Crippen molar-refractivity contribution in [3.63, 3.8) is 0 Å². The number of benzene rings is 9. The van der Waals surface area contributed by atoms with Crippen molar-refractivity contribution in [2.45, 2.75) is 153 Å². The quantitative estimate of drug-likeness (QED) is 0.163. The highest BCUT2D eigenvalue weighted by Crippen LogP contribution is 2.37. The molecule has 0 N–H and O–H groups in total. The maximum Gasteiger partial charge on any atom is 0.254 e. The summed E-state index contributed by atoms with van der Waals surface area (Å²) in [6, 6.07) is 79.3. The number of fused-ring (bicyclic) bond motifs is 3. The summed E-state index contributed by atoms with van der Waals surface area (Å²) in [5.74, 6) is -0.695. The van der Waals surface area contributed by atoms with Gasteiger partial charge in [0.25, 0.3) is 35.4 Å².